The molecule has 0 saturated heterocycles. The van der Waals surface area contributed by atoms with E-state index in [0.29, 0.717) is 5.13 Å². The van der Waals surface area contributed by atoms with Crippen LogP contribution in [0.5, 0.6) is 0 Å². The molecule has 6 heteroatoms. The summed E-state index contributed by atoms with van der Waals surface area (Å²) in [6, 6.07) is 24.6. The molecular weight excluding hydrogens is 430 g/mol. The van der Waals surface area contributed by atoms with E-state index in [1.54, 1.807) is 0 Å². The van der Waals surface area contributed by atoms with Crippen LogP contribution in [-0.2, 0) is 9.59 Å². The molecule has 1 atom stereocenters. The molecule has 1 heterocycles. The summed E-state index contributed by atoms with van der Waals surface area (Å²) in [6.07, 6.45) is 0. The highest BCUT2D eigenvalue weighted by molar-refractivity contribution is 7.22. The summed E-state index contributed by atoms with van der Waals surface area (Å²) in [7, 11) is 0. The number of nitrogens with zero attached hydrogens (tertiary/aromatic N) is 1. The molecule has 4 aromatic rings. The number of anilines is 1. The first-order valence-electron chi connectivity index (χ1n) is 11.0. The van der Waals surface area contributed by atoms with Gasteiger partial charge in [-0.1, -0.05) is 91.9 Å². The molecule has 0 unspecified atom stereocenters. The summed E-state index contributed by atoms with van der Waals surface area (Å²) in [6.45, 7) is 5.87. The molecule has 0 aliphatic heterocycles. The Morgan fingerprint density at radius 1 is 0.848 bits per heavy atom. The summed E-state index contributed by atoms with van der Waals surface area (Å²) in [5.41, 5.74) is 3.75. The van der Waals surface area contributed by atoms with Crippen LogP contribution < -0.4 is 10.6 Å². The highest BCUT2D eigenvalue weighted by Crippen LogP contribution is 2.28. The van der Waals surface area contributed by atoms with Crippen molar-refractivity contribution in [2.24, 2.45) is 5.92 Å². The van der Waals surface area contributed by atoms with Crippen LogP contribution in [0.4, 0.5) is 5.13 Å². The van der Waals surface area contributed by atoms with Crippen molar-refractivity contribution in [1.29, 1.82) is 0 Å². The number of fused-ring (bicyclic) bond motifs is 1. The number of nitrogens with one attached hydrogen (secondary N) is 2. The first kappa shape index (κ1) is 22.7. The van der Waals surface area contributed by atoms with Crippen molar-refractivity contribution in [3.05, 3.63) is 95.6 Å². The number of hydrogen-bond donors (Lipinski definition) is 2. The van der Waals surface area contributed by atoms with Gasteiger partial charge in [0.2, 0.25) is 11.8 Å². The summed E-state index contributed by atoms with van der Waals surface area (Å²) >= 11 is 1.43. The normalized spacial score (nSPS) is 12.2. The van der Waals surface area contributed by atoms with E-state index in [2.05, 4.69) is 21.7 Å². The van der Waals surface area contributed by atoms with Crippen molar-refractivity contribution >= 4 is 38.5 Å². The maximum Gasteiger partial charge on any atom is 0.248 e. The van der Waals surface area contributed by atoms with Gasteiger partial charge in [-0.2, -0.15) is 0 Å². The molecule has 0 saturated carbocycles. The number of carbonyl (C=O) groups excluding carboxylic acids is 2. The molecule has 2 N–H and O–H groups in total. The maximum absolute atomic E-state index is 13.5. The molecule has 0 bridgehead atoms. The lowest BCUT2D eigenvalue weighted by Crippen LogP contribution is -2.48. The Bertz CT molecular complexity index is 1210. The van der Waals surface area contributed by atoms with Gasteiger partial charge in [0, 0.05) is 0 Å². The van der Waals surface area contributed by atoms with E-state index in [1.807, 2.05) is 93.6 Å². The lowest BCUT2D eigenvalue weighted by molar-refractivity contribution is -0.127. The second-order valence-corrected chi connectivity index (χ2v) is 9.49. The first-order valence-corrected chi connectivity index (χ1v) is 11.8. The molecule has 3 aromatic carbocycles. The van der Waals surface area contributed by atoms with Crippen LogP contribution in [0.2, 0.25) is 0 Å². The number of rotatable bonds is 7. The zero-order chi connectivity index (χ0) is 23.4. The van der Waals surface area contributed by atoms with Crippen LogP contribution >= 0.6 is 11.3 Å². The van der Waals surface area contributed by atoms with Crippen molar-refractivity contribution in [2.45, 2.75) is 32.7 Å². The summed E-state index contributed by atoms with van der Waals surface area (Å²) in [5, 5.41) is 6.44. The fourth-order valence-electron chi connectivity index (χ4n) is 3.83. The van der Waals surface area contributed by atoms with Crippen LogP contribution in [0.3, 0.4) is 0 Å². The fraction of sp³-hybridized carbons (Fsp3) is 0.222. The van der Waals surface area contributed by atoms with Crippen LogP contribution in [0.15, 0.2) is 78.9 Å². The van der Waals surface area contributed by atoms with Crippen molar-refractivity contribution in [3.63, 3.8) is 0 Å². The maximum atomic E-state index is 13.5. The van der Waals surface area contributed by atoms with Crippen LogP contribution in [0.1, 0.15) is 36.5 Å². The zero-order valence-corrected chi connectivity index (χ0v) is 19.7. The lowest BCUT2D eigenvalue weighted by atomic mass is 9.89. The highest BCUT2D eigenvalue weighted by Gasteiger charge is 2.30. The molecule has 0 aliphatic rings. The smallest absolute Gasteiger partial charge is 0.248 e. The average molecular weight is 458 g/mol. The topological polar surface area (TPSA) is 71.1 Å². The number of thiazole rings is 1. The standard InChI is InChI=1S/C27H27N3O2S/c1-17(2)24(26(32)30-27-28-21-15-14-18(3)16-22(21)33-27)29-25(31)23(19-10-6-4-7-11-19)20-12-8-5-9-13-20/h4-17,23-24H,1-3H3,(H,29,31)(H,28,30,32)/t24-/m1/s1. The van der Waals surface area contributed by atoms with E-state index < -0.39 is 12.0 Å². The molecule has 1 aromatic heterocycles. The predicted molar refractivity (Wildman–Crippen MR) is 134 cm³/mol. The van der Waals surface area contributed by atoms with Gasteiger partial charge in [0.05, 0.1) is 16.1 Å². The first-order chi connectivity index (χ1) is 15.9. The Hall–Kier alpha value is -3.51. The molecule has 2 amide bonds. The summed E-state index contributed by atoms with van der Waals surface area (Å²) in [4.78, 5) is 31.2. The monoisotopic (exact) mass is 457 g/mol. The van der Waals surface area contributed by atoms with Gasteiger partial charge in [0.15, 0.2) is 5.13 Å². The largest absolute Gasteiger partial charge is 0.343 e. The van der Waals surface area contributed by atoms with Crippen molar-refractivity contribution in [2.75, 3.05) is 5.32 Å². The van der Waals surface area contributed by atoms with E-state index in [9.17, 15) is 9.59 Å². The summed E-state index contributed by atoms with van der Waals surface area (Å²) < 4.78 is 1.02. The average Bonchev–Trinajstić information content (AvgIpc) is 3.20. The Morgan fingerprint density at radius 3 is 2.03 bits per heavy atom. The number of aryl methyl sites for hydroxylation is 1. The number of amides is 2. The van der Waals surface area contributed by atoms with Gasteiger partial charge in [-0.25, -0.2) is 4.98 Å². The fourth-order valence-corrected chi connectivity index (χ4v) is 4.79. The SMILES string of the molecule is Cc1ccc2nc(NC(=O)[C@H](NC(=O)C(c3ccccc3)c3ccccc3)C(C)C)sc2c1. The third-order valence-corrected chi connectivity index (χ3v) is 6.48. The van der Waals surface area contributed by atoms with E-state index >= 15 is 0 Å². The summed E-state index contributed by atoms with van der Waals surface area (Å²) in [5.74, 6) is -1.08. The second-order valence-electron chi connectivity index (χ2n) is 8.46. The minimum Gasteiger partial charge on any atom is -0.343 e. The number of carbonyl (C=O) groups is 2. The minimum atomic E-state index is -0.693. The molecule has 0 fully saturated rings. The third kappa shape index (κ3) is 5.29. The van der Waals surface area contributed by atoms with E-state index in [4.69, 9.17) is 0 Å². The van der Waals surface area contributed by atoms with Crippen molar-refractivity contribution < 1.29 is 9.59 Å². The molecule has 168 valence electrons. The van der Waals surface area contributed by atoms with Crippen LogP contribution in [0.25, 0.3) is 10.2 Å². The Kier molecular flexibility index (Phi) is 6.84. The van der Waals surface area contributed by atoms with E-state index in [-0.39, 0.29) is 17.7 Å². The van der Waals surface area contributed by atoms with Gasteiger partial charge in [-0.15, -0.1) is 0 Å². The number of aromatic nitrogens is 1. The number of hydrogen-bond acceptors (Lipinski definition) is 4. The minimum absolute atomic E-state index is 0.0993. The van der Waals surface area contributed by atoms with Crippen LogP contribution in [0, 0.1) is 12.8 Å². The molecule has 5 nitrogen and oxygen atoms in total. The van der Waals surface area contributed by atoms with E-state index in [0.717, 1.165) is 26.9 Å². The zero-order valence-electron chi connectivity index (χ0n) is 18.9. The van der Waals surface area contributed by atoms with Gasteiger partial charge in [-0.3, -0.25) is 9.59 Å². The van der Waals surface area contributed by atoms with Crippen LogP contribution in [-0.4, -0.2) is 22.8 Å². The van der Waals surface area contributed by atoms with Gasteiger partial charge in [0.1, 0.15) is 6.04 Å². The molecular formula is C27H27N3O2S. The molecule has 0 radical (unpaired) electrons. The van der Waals surface area contributed by atoms with Gasteiger partial charge in [-0.05, 0) is 41.7 Å². The number of benzene rings is 3. The molecule has 0 spiro atoms. The predicted octanol–water partition coefficient (Wildman–Crippen LogP) is 5.52. The second kappa shape index (κ2) is 9.96. The Labute approximate surface area is 197 Å². The van der Waals surface area contributed by atoms with Crippen molar-refractivity contribution in [3.8, 4) is 0 Å². The molecule has 33 heavy (non-hydrogen) atoms. The van der Waals surface area contributed by atoms with Gasteiger partial charge >= 0.3 is 0 Å². The van der Waals surface area contributed by atoms with Gasteiger partial charge in [0.25, 0.3) is 0 Å². The third-order valence-electron chi connectivity index (χ3n) is 5.55. The molecule has 0 aliphatic carbocycles. The lowest BCUT2D eigenvalue weighted by Gasteiger charge is -2.25. The van der Waals surface area contributed by atoms with Gasteiger partial charge < -0.3 is 10.6 Å². The quantitative estimate of drug-likeness (QED) is 0.384. The molecule has 4 rings (SSSR count). The highest BCUT2D eigenvalue weighted by atomic mass is 32.1. The Balaban J connectivity index is 1.56. The van der Waals surface area contributed by atoms with Crippen molar-refractivity contribution in [1.82, 2.24) is 10.3 Å². The Morgan fingerprint density at radius 2 is 1.45 bits per heavy atom. The van der Waals surface area contributed by atoms with E-state index in [1.165, 1.54) is 11.3 Å².